The van der Waals surface area contributed by atoms with Crippen molar-refractivity contribution in [2.24, 2.45) is 0 Å². The summed E-state index contributed by atoms with van der Waals surface area (Å²) in [5.74, 6) is 3.16. The van der Waals surface area contributed by atoms with Crippen LogP contribution >= 0.6 is 0 Å². The second kappa shape index (κ2) is 12.3. The number of nitrogens with zero attached hydrogens (tertiary/aromatic N) is 7. The predicted molar refractivity (Wildman–Crippen MR) is 234 cm³/mol. The Morgan fingerprint density at radius 2 is 1.09 bits per heavy atom. The maximum Gasteiger partial charge on any atom is 0.169 e. The Hall–Kier alpha value is -7.38. The third-order valence-electron chi connectivity index (χ3n) is 12.4. The number of para-hydroxylation sites is 3. The molecule has 58 heavy (non-hydrogen) atoms. The Morgan fingerprint density at radius 3 is 1.78 bits per heavy atom. The van der Waals surface area contributed by atoms with E-state index in [1.54, 1.807) is 0 Å². The van der Waals surface area contributed by atoms with Gasteiger partial charge in [0.05, 0.1) is 16.6 Å². The molecule has 0 N–H and O–H groups in total. The van der Waals surface area contributed by atoms with Crippen molar-refractivity contribution in [1.82, 2.24) is 33.9 Å². The molecule has 5 aromatic heterocycles. The molecule has 276 valence electrons. The van der Waals surface area contributed by atoms with Crippen molar-refractivity contribution < 1.29 is 0 Å². The predicted octanol–water partition coefficient (Wildman–Crippen LogP) is 11.7. The molecule has 2 aliphatic carbocycles. The Bertz CT molecular complexity index is 3280. The Kier molecular flexibility index (Phi) is 6.97. The van der Waals surface area contributed by atoms with Gasteiger partial charge in [0, 0.05) is 62.0 Å². The minimum atomic E-state index is -0.112. The zero-order valence-electron chi connectivity index (χ0n) is 32.1. The molecule has 5 aromatic carbocycles. The van der Waals surface area contributed by atoms with Gasteiger partial charge in [0.1, 0.15) is 11.6 Å². The largest absolute Gasteiger partial charge is 0.298 e. The third-order valence-corrected chi connectivity index (χ3v) is 12.4. The summed E-state index contributed by atoms with van der Waals surface area (Å²) in [5.41, 5.74) is 13.8. The van der Waals surface area contributed by atoms with E-state index in [9.17, 15) is 0 Å². The van der Waals surface area contributed by atoms with E-state index in [2.05, 4.69) is 167 Å². The van der Waals surface area contributed by atoms with Crippen LogP contribution in [0.15, 0.2) is 158 Å². The van der Waals surface area contributed by atoms with Crippen molar-refractivity contribution in [3.05, 3.63) is 180 Å². The van der Waals surface area contributed by atoms with E-state index < -0.39 is 0 Å². The molecule has 0 spiro atoms. The van der Waals surface area contributed by atoms with Crippen LogP contribution in [0.25, 0.3) is 90.0 Å². The van der Waals surface area contributed by atoms with Gasteiger partial charge in [-0.05, 0) is 89.7 Å². The normalized spacial score (nSPS) is 14.0. The maximum absolute atomic E-state index is 5.01. The summed E-state index contributed by atoms with van der Waals surface area (Å²) in [4.78, 5) is 9.93. The molecule has 0 atom stereocenters. The molecule has 5 heterocycles. The standard InChI is InChI=1S/C51H37N7/c1-51(2)41-18-8-3-13-35(41)40-31-34(23-24-42(40)51)56-49(32-25-27-52-47(29-32)57-43-19-9-4-14-36(43)37-15-5-10-20-44(37)57)54-55-50(56)33-26-28-53-48(30-33)58-45-21-11-6-16-38(45)39-17-7-12-22-46(39)58/h3-11,13-21,23-31H,12,22H2,1-2H3. The molecule has 0 saturated heterocycles. The summed E-state index contributed by atoms with van der Waals surface area (Å²) in [6.45, 7) is 4.64. The first-order chi connectivity index (χ1) is 28.5. The molecule has 7 nitrogen and oxygen atoms in total. The van der Waals surface area contributed by atoms with Crippen molar-refractivity contribution in [1.29, 1.82) is 0 Å². The van der Waals surface area contributed by atoms with Gasteiger partial charge in [-0.15, -0.1) is 10.2 Å². The minimum absolute atomic E-state index is 0.112. The fourth-order valence-electron chi connectivity index (χ4n) is 9.71. The third kappa shape index (κ3) is 4.67. The van der Waals surface area contributed by atoms with E-state index in [4.69, 9.17) is 20.2 Å². The van der Waals surface area contributed by atoms with Crippen LogP contribution in [0.3, 0.4) is 0 Å². The highest BCUT2D eigenvalue weighted by atomic mass is 15.3. The van der Waals surface area contributed by atoms with Crippen LogP contribution in [-0.2, 0) is 11.8 Å². The summed E-state index contributed by atoms with van der Waals surface area (Å²) in [6.07, 6.45) is 10.3. The van der Waals surface area contributed by atoms with E-state index in [0.717, 1.165) is 69.5 Å². The molecule has 0 radical (unpaired) electrons. The lowest BCUT2D eigenvalue weighted by atomic mass is 9.82. The molecule has 0 amide bonds. The van der Waals surface area contributed by atoms with Crippen molar-refractivity contribution >= 4 is 38.8 Å². The highest BCUT2D eigenvalue weighted by Gasteiger charge is 2.35. The lowest BCUT2D eigenvalue weighted by Gasteiger charge is -2.21. The topological polar surface area (TPSA) is 66.3 Å². The van der Waals surface area contributed by atoms with Crippen molar-refractivity contribution in [2.45, 2.75) is 32.1 Å². The van der Waals surface area contributed by atoms with E-state index in [0.29, 0.717) is 0 Å². The monoisotopic (exact) mass is 747 g/mol. The molecule has 0 unspecified atom stereocenters. The summed E-state index contributed by atoms with van der Waals surface area (Å²) < 4.78 is 6.79. The number of benzene rings is 5. The molecule has 7 heteroatoms. The summed E-state index contributed by atoms with van der Waals surface area (Å²) in [5, 5.41) is 13.6. The van der Waals surface area contributed by atoms with Gasteiger partial charge in [0.25, 0.3) is 0 Å². The van der Waals surface area contributed by atoms with E-state index in [1.807, 2.05) is 24.5 Å². The summed E-state index contributed by atoms with van der Waals surface area (Å²) in [7, 11) is 0. The quantitative estimate of drug-likeness (QED) is 0.176. The zero-order valence-corrected chi connectivity index (χ0v) is 32.1. The van der Waals surface area contributed by atoms with Crippen LogP contribution < -0.4 is 0 Å². The number of aromatic nitrogens is 7. The highest BCUT2D eigenvalue weighted by Crippen LogP contribution is 2.49. The Morgan fingerprint density at radius 1 is 0.517 bits per heavy atom. The van der Waals surface area contributed by atoms with Crippen LogP contribution in [0.4, 0.5) is 0 Å². The molecule has 10 aromatic rings. The van der Waals surface area contributed by atoms with Crippen LogP contribution in [-0.4, -0.2) is 33.9 Å². The average molecular weight is 748 g/mol. The van der Waals surface area contributed by atoms with Crippen LogP contribution in [0.2, 0.25) is 0 Å². The fourth-order valence-corrected chi connectivity index (χ4v) is 9.71. The zero-order chi connectivity index (χ0) is 38.5. The average Bonchev–Trinajstić information content (AvgIpc) is 4.02. The first-order valence-electron chi connectivity index (χ1n) is 20.0. The molecular formula is C51H37N7. The molecule has 0 bridgehead atoms. The van der Waals surface area contributed by atoms with Gasteiger partial charge in [0.2, 0.25) is 0 Å². The van der Waals surface area contributed by atoms with Gasteiger partial charge in [-0.1, -0.05) is 111 Å². The second-order valence-corrected chi connectivity index (χ2v) is 15.9. The Labute approximate surface area is 335 Å². The maximum atomic E-state index is 5.01. The van der Waals surface area contributed by atoms with Crippen LogP contribution in [0.1, 0.15) is 42.7 Å². The molecular weight excluding hydrogens is 711 g/mol. The number of fused-ring (bicyclic) bond motifs is 9. The van der Waals surface area contributed by atoms with Gasteiger partial charge in [-0.2, -0.15) is 0 Å². The van der Waals surface area contributed by atoms with Gasteiger partial charge in [0.15, 0.2) is 11.6 Å². The number of hydrogen-bond donors (Lipinski definition) is 0. The smallest absolute Gasteiger partial charge is 0.169 e. The first-order valence-corrected chi connectivity index (χ1v) is 20.0. The minimum Gasteiger partial charge on any atom is -0.298 e. The SMILES string of the molecule is CC1(C)c2ccccc2-c2cc(-n3c(-c4ccnc(-n5c6c(c7ccccc75)C=CCC6)c4)nnc3-c3ccnc(-n4c5ccccc5c5ccccc54)c3)ccc21. The second-order valence-electron chi connectivity index (χ2n) is 15.9. The van der Waals surface area contributed by atoms with Gasteiger partial charge in [-0.3, -0.25) is 13.7 Å². The van der Waals surface area contributed by atoms with Crippen molar-refractivity contribution in [3.63, 3.8) is 0 Å². The Balaban J connectivity index is 1.08. The number of rotatable bonds is 5. The first kappa shape index (κ1) is 32.8. The van der Waals surface area contributed by atoms with Crippen molar-refractivity contribution in [2.75, 3.05) is 0 Å². The number of allylic oxidation sites excluding steroid dienone is 1. The number of pyridine rings is 2. The highest BCUT2D eigenvalue weighted by molar-refractivity contribution is 6.09. The van der Waals surface area contributed by atoms with Crippen molar-refractivity contribution in [3.8, 4) is 51.2 Å². The van der Waals surface area contributed by atoms with Crippen LogP contribution in [0, 0.1) is 0 Å². The molecule has 2 aliphatic rings. The van der Waals surface area contributed by atoms with Crippen LogP contribution in [0.5, 0.6) is 0 Å². The lowest BCUT2D eigenvalue weighted by molar-refractivity contribution is 0.660. The lowest BCUT2D eigenvalue weighted by Crippen LogP contribution is -2.14. The van der Waals surface area contributed by atoms with E-state index in [-0.39, 0.29) is 5.41 Å². The number of hydrogen-bond acceptors (Lipinski definition) is 4. The summed E-state index contributed by atoms with van der Waals surface area (Å²) >= 11 is 0. The molecule has 12 rings (SSSR count). The van der Waals surface area contributed by atoms with E-state index >= 15 is 0 Å². The summed E-state index contributed by atoms with van der Waals surface area (Å²) in [6, 6.07) is 49.7. The van der Waals surface area contributed by atoms with Gasteiger partial charge < -0.3 is 0 Å². The van der Waals surface area contributed by atoms with Gasteiger partial charge in [-0.25, -0.2) is 9.97 Å². The fraction of sp³-hybridized carbons (Fsp3) is 0.0980. The van der Waals surface area contributed by atoms with E-state index in [1.165, 1.54) is 49.7 Å². The molecule has 0 aliphatic heterocycles. The molecule has 0 fully saturated rings. The molecule has 0 saturated carbocycles. The van der Waals surface area contributed by atoms with Gasteiger partial charge >= 0.3 is 0 Å².